The van der Waals surface area contributed by atoms with Crippen molar-refractivity contribution >= 4 is 39.8 Å². The van der Waals surface area contributed by atoms with Crippen LogP contribution in [0.15, 0.2) is 60.0 Å². The number of thiophene rings is 1. The number of benzene rings is 2. The number of hydrazine groups is 1. The van der Waals surface area contributed by atoms with Gasteiger partial charge in [-0.25, -0.2) is 0 Å². The van der Waals surface area contributed by atoms with Crippen molar-refractivity contribution in [2.45, 2.75) is 19.3 Å². The van der Waals surface area contributed by atoms with Crippen LogP contribution in [-0.2, 0) is 16.0 Å². The Bertz CT molecular complexity index is 1050. The highest BCUT2D eigenvalue weighted by Crippen LogP contribution is 2.21. The van der Waals surface area contributed by atoms with Gasteiger partial charge in [0.1, 0.15) is 0 Å². The van der Waals surface area contributed by atoms with Crippen molar-refractivity contribution in [1.82, 2.24) is 15.8 Å². The van der Waals surface area contributed by atoms with E-state index in [1.807, 2.05) is 60.0 Å². The Hall–Kier alpha value is -3.19. The molecule has 30 heavy (non-hydrogen) atoms. The van der Waals surface area contributed by atoms with Gasteiger partial charge in [-0.1, -0.05) is 48.5 Å². The van der Waals surface area contributed by atoms with Crippen LogP contribution in [0.5, 0.6) is 0 Å². The van der Waals surface area contributed by atoms with Crippen LogP contribution in [0.25, 0.3) is 10.8 Å². The molecule has 1 fully saturated rings. The summed E-state index contributed by atoms with van der Waals surface area (Å²) in [7, 11) is 0. The molecule has 0 unspecified atom stereocenters. The molecule has 0 bridgehead atoms. The van der Waals surface area contributed by atoms with E-state index >= 15 is 0 Å². The Kier molecular flexibility index (Phi) is 6.09. The van der Waals surface area contributed by atoms with Crippen molar-refractivity contribution in [3.63, 3.8) is 0 Å². The highest BCUT2D eigenvalue weighted by Gasteiger charge is 2.28. The Morgan fingerprint density at radius 3 is 2.47 bits per heavy atom. The molecule has 0 radical (unpaired) electrons. The molecule has 3 amide bonds. The van der Waals surface area contributed by atoms with Crippen LogP contribution in [0.1, 0.15) is 28.1 Å². The summed E-state index contributed by atoms with van der Waals surface area (Å²) in [6.45, 7) is 1.08. The molecule has 0 atom stereocenters. The summed E-state index contributed by atoms with van der Waals surface area (Å²) >= 11 is 1.43. The van der Waals surface area contributed by atoms with Crippen LogP contribution < -0.4 is 10.9 Å². The topological polar surface area (TPSA) is 78.5 Å². The zero-order chi connectivity index (χ0) is 20.9. The predicted octanol–water partition coefficient (Wildman–Crippen LogP) is 3.14. The fraction of sp³-hybridized carbons (Fsp3) is 0.261. The quantitative estimate of drug-likeness (QED) is 0.636. The minimum Gasteiger partial charge on any atom is -0.338 e. The number of likely N-dealkylation sites (tertiary alicyclic amines) is 1. The molecule has 1 aliphatic heterocycles. The lowest BCUT2D eigenvalue weighted by atomic mass is 9.96. The second kappa shape index (κ2) is 9.09. The molecule has 3 aromatic rings. The van der Waals surface area contributed by atoms with E-state index in [0.717, 1.165) is 21.2 Å². The van der Waals surface area contributed by atoms with E-state index in [0.29, 0.717) is 25.9 Å². The van der Waals surface area contributed by atoms with E-state index in [9.17, 15) is 14.4 Å². The Balaban J connectivity index is 1.26. The van der Waals surface area contributed by atoms with E-state index in [1.54, 1.807) is 4.90 Å². The van der Waals surface area contributed by atoms with Gasteiger partial charge in [-0.15, -0.1) is 11.3 Å². The minimum atomic E-state index is -0.259. The summed E-state index contributed by atoms with van der Waals surface area (Å²) in [5.41, 5.74) is 6.00. The number of nitrogens with one attached hydrogen (secondary N) is 2. The molecular weight excluding hydrogens is 398 g/mol. The molecule has 6 nitrogen and oxygen atoms in total. The fourth-order valence-electron chi connectivity index (χ4n) is 3.80. The van der Waals surface area contributed by atoms with Gasteiger partial charge in [-0.3, -0.25) is 25.2 Å². The van der Waals surface area contributed by atoms with Gasteiger partial charge in [0, 0.05) is 19.0 Å². The maximum absolute atomic E-state index is 12.4. The van der Waals surface area contributed by atoms with Crippen molar-refractivity contribution in [3.8, 4) is 0 Å². The van der Waals surface area contributed by atoms with E-state index in [4.69, 9.17) is 0 Å². The molecular formula is C23H23N3O3S. The number of fused-ring (bicyclic) bond motifs is 1. The third-order valence-electron chi connectivity index (χ3n) is 5.44. The van der Waals surface area contributed by atoms with Gasteiger partial charge in [-0.2, -0.15) is 0 Å². The summed E-state index contributed by atoms with van der Waals surface area (Å²) in [6, 6.07) is 17.4. The summed E-state index contributed by atoms with van der Waals surface area (Å²) < 4.78 is 0. The van der Waals surface area contributed by atoms with Crippen LogP contribution >= 0.6 is 11.3 Å². The fourth-order valence-corrected chi connectivity index (χ4v) is 4.49. The predicted molar refractivity (Wildman–Crippen MR) is 117 cm³/mol. The summed E-state index contributed by atoms with van der Waals surface area (Å²) in [5, 5.41) is 3.99. The van der Waals surface area contributed by atoms with Crippen LogP contribution in [0, 0.1) is 5.92 Å². The van der Waals surface area contributed by atoms with Gasteiger partial charge in [0.05, 0.1) is 11.3 Å². The highest BCUT2D eigenvalue weighted by molar-refractivity contribution is 7.12. The lowest BCUT2D eigenvalue weighted by molar-refractivity contribution is -0.131. The molecule has 7 heteroatoms. The maximum atomic E-state index is 12.4. The molecule has 1 aliphatic rings. The molecule has 2 N–H and O–H groups in total. The van der Waals surface area contributed by atoms with E-state index in [-0.39, 0.29) is 30.1 Å². The number of piperidine rings is 1. The molecule has 0 aliphatic carbocycles. The monoisotopic (exact) mass is 421 g/mol. The first-order valence-electron chi connectivity index (χ1n) is 10.00. The molecule has 0 spiro atoms. The number of hydrogen-bond donors (Lipinski definition) is 2. The second-order valence-corrected chi connectivity index (χ2v) is 8.34. The lowest BCUT2D eigenvalue weighted by Gasteiger charge is -2.31. The van der Waals surface area contributed by atoms with Crippen molar-refractivity contribution in [2.75, 3.05) is 13.1 Å². The third kappa shape index (κ3) is 4.52. The van der Waals surface area contributed by atoms with Gasteiger partial charge in [-0.05, 0) is 40.6 Å². The molecule has 2 aromatic carbocycles. The number of amides is 3. The normalized spacial score (nSPS) is 14.5. The largest absolute Gasteiger partial charge is 0.338 e. The lowest BCUT2D eigenvalue weighted by Crippen LogP contribution is -2.48. The Labute approximate surface area is 178 Å². The van der Waals surface area contributed by atoms with Crippen LogP contribution in [0.2, 0.25) is 0 Å². The Morgan fingerprint density at radius 1 is 0.933 bits per heavy atom. The molecule has 0 saturated carbocycles. The average Bonchev–Trinajstić information content (AvgIpc) is 3.32. The standard InChI is InChI=1S/C23H23N3O3S/c27-21(15-18-7-3-6-16-5-1-2-8-19(16)18)24-25-22(28)17-10-12-26(13-11-17)23(29)20-9-4-14-30-20/h1-9,14,17H,10-13,15H2,(H,24,27)(H,25,28). The van der Waals surface area contributed by atoms with Gasteiger partial charge >= 0.3 is 0 Å². The first-order chi connectivity index (χ1) is 14.6. The molecule has 2 heterocycles. The molecule has 1 aromatic heterocycles. The second-order valence-electron chi connectivity index (χ2n) is 7.40. The maximum Gasteiger partial charge on any atom is 0.263 e. The average molecular weight is 422 g/mol. The van der Waals surface area contributed by atoms with Crippen LogP contribution in [-0.4, -0.2) is 35.7 Å². The van der Waals surface area contributed by atoms with E-state index in [2.05, 4.69) is 10.9 Å². The summed E-state index contributed by atoms with van der Waals surface area (Å²) in [6.07, 6.45) is 1.36. The number of hydrogen-bond acceptors (Lipinski definition) is 4. The zero-order valence-corrected chi connectivity index (χ0v) is 17.3. The SMILES string of the molecule is O=C(Cc1cccc2ccccc12)NNC(=O)C1CCN(C(=O)c2cccs2)CC1. The molecule has 4 rings (SSSR count). The first kappa shape index (κ1) is 20.1. The number of carbonyl (C=O) groups is 3. The van der Waals surface area contributed by atoms with E-state index in [1.165, 1.54) is 11.3 Å². The number of carbonyl (C=O) groups excluding carboxylic acids is 3. The Morgan fingerprint density at radius 2 is 1.70 bits per heavy atom. The van der Waals surface area contributed by atoms with Crippen LogP contribution in [0.3, 0.4) is 0 Å². The highest BCUT2D eigenvalue weighted by atomic mass is 32.1. The smallest absolute Gasteiger partial charge is 0.263 e. The van der Waals surface area contributed by atoms with Crippen molar-refractivity contribution in [3.05, 3.63) is 70.4 Å². The molecule has 1 saturated heterocycles. The van der Waals surface area contributed by atoms with Crippen molar-refractivity contribution in [2.24, 2.45) is 5.92 Å². The van der Waals surface area contributed by atoms with Gasteiger partial charge < -0.3 is 4.90 Å². The number of rotatable bonds is 4. The van der Waals surface area contributed by atoms with Crippen LogP contribution in [0.4, 0.5) is 0 Å². The van der Waals surface area contributed by atoms with Gasteiger partial charge in [0.25, 0.3) is 5.91 Å². The third-order valence-corrected chi connectivity index (χ3v) is 6.30. The van der Waals surface area contributed by atoms with Gasteiger partial charge in [0.2, 0.25) is 11.8 Å². The van der Waals surface area contributed by atoms with Crippen molar-refractivity contribution in [1.29, 1.82) is 0 Å². The van der Waals surface area contributed by atoms with Gasteiger partial charge in [0.15, 0.2) is 0 Å². The van der Waals surface area contributed by atoms with E-state index < -0.39 is 0 Å². The minimum absolute atomic E-state index is 0.0206. The summed E-state index contributed by atoms with van der Waals surface area (Å²) in [5.74, 6) is -0.656. The zero-order valence-electron chi connectivity index (χ0n) is 16.5. The molecule has 154 valence electrons. The first-order valence-corrected chi connectivity index (χ1v) is 10.9. The number of nitrogens with zero attached hydrogens (tertiary/aromatic N) is 1. The summed E-state index contributed by atoms with van der Waals surface area (Å²) in [4.78, 5) is 39.7. The van der Waals surface area contributed by atoms with Crippen molar-refractivity contribution < 1.29 is 14.4 Å².